The van der Waals surface area contributed by atoms with E-state index in [-0.39, 0.29) is 0 Å². The molecular weight excluding hydrogens is 282 g/mol. The van der Waals surface area contributed by atoms with E-state index in [2.05, 4.69) is 12.2 Å². The zero-order valence-electron chi connectivity index (χ0n) is 14.9. The third-order valence-electron chi connectivity index (χ3n) is 3.34. The van der Waals surface area contributed by atoms with Crippen LogP contribution in [0.4, 0.5) is 4.79 Å². The number of hydrogen-bond donors (Lipinski definition) is 1. The van der Waals surface area contributed by atoms with Crippen molar-refractivity contribution in [2.24, 2.45) is 5.41 Å². The maximum absolute atomic E-state index is 12.2. The lowest BCUT2D eigenvalue weighted by Gasteiger charge is -2.29. The Morgan fingerprint density at radius 1 is 0.909 bits per heavy atom. The zero-order chi connectivity index (χ0) is 17.0. The lowest BCUT2D eigenvalue weighted by molar-refractivity contribution is -0.149. The van der Waals surface area contributed by atoms with Crippen molar-refractivity contribution in [1.82, 2.24) is 5.32 Å². The van der Waals surface area contributed by atoms with Gasteiger partial charge in [0.05, 0.1) is 13.2 Å². The van der Waals surface area contributed by atoms with Gasteiger partial charge in [-0.1, -0.05) is 60.3 Å². The predicted molar refractivity (Wildman–Crippen MR) is 87.7 cm³/mol. The highest BCUT2D eigenvalue weighted by Crippen LogP contribution is 2.20. The van der Waals surface area contributed by atoms with Gasteiger partial charge in [0.25, 0.3) is 0 Å². The Morgan fingerprint density at radius 2 is 1.50 bits per heavy atom. The minimum absolute atomic E-state index is 0.366. The maximum atomic E-state index is 12.2. The number of rotatable bonds is 10. The summed E-state index contributed by atoms with van der Waals surface area (Å²) < 4.78 is 10.4. The van der Waals surface area contributed by atoms with Crippen molar-refractivity contribution >= 4 is 12.1 Å². The molecular formula is C17H33NO4. The molecule has 0 spiro atoms. The maximum Gasteiger partial charge on any atom is 0.407 e. The molecule has 5 nitrogen and oxygen atoms in total. The van der Waals surface area contributed by atoms with Crippen molar-refractivity contribution in [1.29, 1.82) is 0 Å². The number of alkyl carbamates (subject to hydrolysis) is 1. The van der Waals surface area contributed by atoms with E-state index in [1.807, 2.05) is 27.7 Å². The van der Waals surface area contributed by atoms with Gasteiger partial charge in [-0.05, 0) is 18.3 Å². The molecule has 5 heteroatoms. The zero-order valence-corrected chi connectivity index (χ0v) is 14.9. The fourth-order valence-electron chi connectivity index (χ4n) is 1.88. The van der Waals surface area contributed by atoms with E-state index < -0.39 is 23.5 Å². The molecule has 0 aliphatic carbocycles. The third-order valence-corrected chi connectivity index (χ3v) is 3.34. The van der Waals surface area contributed by atoms with E-state index >= 15 is 0 Å². The Bertz CT molecular complexity index is 323. The molecule has 0 aliphatic heterocycles. The van der Waals surface area contributed by atoms with Crippen LogP contribution in [-0.2, 0) is 14.3 Å². The molecule has 0 radical (unpaired) electrons. The summed E-state index contributed by atoms with van der Waals surface area (Å²) in [6.07, 6.45) is 5.40. The molecule has 1 amide bonds. The first-order valence-corrected chi connectivity index (χ1v) is 8.42. The largest absolute Gasteiger partial charge is 0.464 e. The number of unbranched alkanes of at least 4 members (excludes halogenated alkanes) is 4. The summed E-state index contributed by atoms with van der Waals surface area (Å²) in [6, 6.07) is -0.701. The molecule has 0 bridgehead atoms. The second-order valence-corrected chi connectivity index (χ2v) is 6.66. The molecule has 0 fully saturated rings. The number of esters is 1. The normalized spacial score (nSPS) is 12.6. The van der Waals surface area contributed by atoms with Crippen LogP contribution >= 0.6 is 0 Å². The van der Waals surface area contributed by atoms with Crippen LogP contribution in [0.5, 0.6) is 0 Å². The van der Waals surface area contributed by atoms with Gasteiger partial charge in [-0.15, -0.1) is 0 Å². The quantitative estimate of drug-likeness (QED) is 0.488. The van der Waals surface area contributed by atoms with Crippen molar-refractivity contribution < 1.29 is 19.1 Å². The molecule has 0 heterocycles. The summed E-state index contributed by atoms with van der Waals surface area (Å²) in [5.41, 5.74) is -0.426. The van der Waals surface area contributed by atoms with Crippen LogP contribution in [0.3, 0.4) is 0 Å². The van der Waals surface area contributed by atoms with Gasteiger partial charge >= 0.3 is 12.1 Å². The minimum Gasteiger partial charge on any atom is -0.464 e. The summed E-state index contributed by atoms with van der Waals surface area (Å²) in [7, 11) is 0. The second-order valence-electron chi connectivity index (χ2n) is 6.66. The number of carbonyl (C=O) groups is 2. The van der Waals surface area contributed by atoms with Gasteiger partial charge in [0, 0.05) is 0 Å². The molecule has 0 aromatic heterocycles. The topological polar surface area (TPSA) is 64.6 Å². The Hall–Kier alpha value is -1.26. The first-order chi connectivity index (χ1) is 10.3. The van der Waals surface area contributed by atoms with Crippen LogP contribution in [0.15, 0.2) is 0 Å². The highest BCUT2D eigenvalue weighted by molar-refractivity contribution is 5.82. The second kappa shape index (κ2) is 11.3. The molecule has 0 saturated heterocycles. The van der Waals surface area contributed by atoms with Gasteiger partial charge in [0.2, 0.25) is 0 Å². The minimum atomic E-state index is -0.701. The molecule has 0 aromatic rings. The highest BCUT2D eigenvalue weighted by atomic mass is 16.6. The Balaban J connectivity index is 4.33. The van der Waals surface area contributed by atoms with Gasteiger partial charge in [-0.25, -0.2) is 9.59 Å². The van der Waals surface area contributed by atoms with Crippen molar-refractivity contribution in [2.75, 3.05) is 13.2 Å². The van der Waals surface area contributed by atoms with Gasteiger partial charge in [0.1, 0.15) is 6.04 Å². The summed E-state index contributed by atoms with van der Waals surface area (Å²) in [4.78, 5) is 23.9. The lowest BCUT2D eigenvalue weighted by Crippen LogP contribution is -2.50. The SMILES string of the molecule is CCCCCCOC(=O)C(NC(=O)OCCCC)C(C)(C)C. The molecule has 130 valence electrons. The monoisotopic (exact) mass is 315 g/mol. The summed E-state index contributed by atoms with van der Waals surface area (Å²) in [6.45, 7) is 10.6. The predicted octanol–water partition coefficient (Wildman–Crippen LogP) is 4.05. The Morgan fingerprint density at radius 3 is 2.05 bits per heavy atom. The van der Waals surface area contributed by atoms with E-state index in [4.69, 9.17) is 9.47 Å². The van der Waals surface area contributed by atoms with Gasteiger partial charge in [0.15, 0.2) is 0 Å². The van der Waals surface area contributed by atoms with Gasteiger partial charge in [-0.2, -0.15) is 0 Å². The average Bonchev–Trinajstić information content (AvgIpc) is 2.43. The standard InChI is InChI=1S/C17H33NO4/c1-6-8-10-11-13-21-15(19)14(17(3,4)5)18-16(20)22-12-9-7-2/h14H,6-13H2,1-5H3,(H,18,20). The van der Waals surface area contributed by atoms with E-state index in [0.717, 1.165) is 38.5 Å². The fourth-order valence-corrected chi connectivity index (χ4v) is 1.88. The van der Waals surface area contributed by atoms with Crippen molar-refractivity contribution in [2.45, 2.75) is 79.2 Å². The molecule has 1 atom stereocenters. The molecule has 22 heavy (non-hydrogen) atoms. The van der Waals surface area contributed by atoms with E-state index in [1.165, 1.54) is 0 Å². The fraction of sp³-hybridized carbons (Fsp3) is 0.882. The van der Waals surface area contributed by atoms with E-state index in [0.29, 0.717) is 13.2 Å². The van der Waals surface area contributed by atoms with Crippen LogP contribution in [0.1, 0.15) is 73.1 Å². The first kappa shape index (κ1) is 20.7. The van der Waals surface area contributed by atoms with Crippen molar-refractivity contribution in [3.63, 3.8) is 0 Å². The number of hydrogen-bond acceptors (Lipinski definition) is 4. The van der Waals surface area contributed by atoms with Crippen LogP contribution in [0.25, 0.3) is 0 Å². The number of ether oxygens (including phenoxy) is 2. The molecule has 1 N–H and O–H groups in total. The third kappa shape index (κ3) is 9.64. The summed E-state index contributed by atoms with van der Waals surface area (Å²) >= 11 is 0. The van der Waals surface area contributed by atoms with Crippen LogP contribution in [-0.4, -0.2) is 31.3 Å². The summed E-state index contributed by atoms with van der Waals surface area (Å²) in [5.74, 6) is -0.392. The summed E-state index contributed by atoms with van der Waals surface area (Å²) in [5, 5.41) is 2.63. The van der Waals surface area contributed by atoms with Crippen LogP contribution in [0.2, 0.25) is 0 Å². The number of carbonyl (C=O) groups excluding carboxylic acids is 2. The molecule has 1 unspecified atom stereocenters. The number of nitrogens with one attached hydrogen (secondary N) is 1. The smallest absolute Gasteiger partial charge is 0.407 e. The van der Waals surface area contributed by atoms with Crippen LogP contribution in [0, 0.1) is 5.41 Å². The van der Waals surface area contributed by atoms with Crippen molar-refractivity contribution in [3.8, 4) is 0 Å². The molecule has 0 aromatic carbocycles. The van der Waals surface area contributed by atoms with E-state index in [9.17, 15) is 9.59 Å². The molecule has 0 aliphatic rings. The van der Waals surface area contributed by atoms with Crippen molar-refractivity contribution in [3.05, 3.63) is 0 Å². The van der Waals surface area contributed by atoms with Crippen LogP contribution < -0.4 is 5.32 Å². The average molecular weight is 315 g/mol. The molecule has 0 saturated carbocycles. The van der Waals surface area contributed by atoms with Gasteiger partial charge in [-0.3, -0.25) is 0 Å². The molecule has 0 rings (SSSR count). The first-order valence-electron chi connectivity index (χ1n) is 8.42. The number of amides is 1. The Kier molecular flexibility index (Phi) is 10.7. The van der Waals surface area contributed by atoms with E-state index in [1.54, 1.807) is 0 Å². The Labute approximate surface area is 135 Å². The lowest BCUT2D eigenvalue weighted by atomic mass is 9.87. The highest BCUT2D eigenvalue weighted by Gasteiger charge is 2.34. The van der Waals surface area contributed by atoms with Gasteiger partial charge < -0.3 is 14.8 Å².